The second kappa shape index (κ2) is 6.15. The summed E-state index contributed by atoms with van der Waals surface area (Å²) in [6, 6.07) is 9.05. The fourth-order valence-corrected chi connectivity index (χ4v) is 2.20. The zero-order valence-electron chi connectivity index (χ0n) is 10.6. The number of benzene rings is 1. The molecule has 1 unspecified atom stereocenters. The van der Waals surface area contributed by atoms with Crippen LogP contribution in [0.4, 0.5) is 0 Å². The fraction of sp³-hybridized carbons (Fsp3) is 0.571. The Morgan fingerprint density at radius 1 is 1.35 bits per heavy atom. The lowest BCUT2D eigenvalue weighted by Gasteiger charge is -2.19. The van der Waals surface area contributed by atoms with Crippen molar-refractivity contribution in [2.45, 2.75) is 32.1 Å². The highest BCUT2D eigenvalue weighted by Crippen LogP contribution is 2.14. The quantitative estimate of drug-likeness (QED) is 0.845. The Morgan fingerprint density at radius 3 is 2.76 bits per heavy atom. The van der Waals surface area contributed by atoms with Crippen molar-refractivity contribution >= 4 is 0 Å². The van der Waals surface area contributed by atoms with Gasteiger partial charge < -0.3 is 14.8 Å². The summed E-state index contributed by atoms with van der Waals surface area (Å²) in [6.45, 7) is 3.58. The number of hydrogen-bond acceptors (Lipinski definition) is 3. The molecular formula is C14H21NO2. The molecule has 94 valence electrons. The molecule has 0 aromatic heterocycles. The van der Waals surface area contributed by atoms with E-state index in [0.717, 1.165) is 26.1 Å². The first-order chi connectivity index (χ1) is 8.28. The second-order valence-corrected chi connectivity index (χ2v) is 4.59. The summed E-state index contributed by atoms with van der Waals surface area (Å²) in [5.41, 5.74) is 2.67. The number of likely N-dealkylation sites (N-methyl/N-ethyl adjacent to an activating group) is 1. The van der Waals surface area contributed by atoms with Gasteiger partial charge in [0.05, 0.1) is 13.2 Å². The van der Waals surface area contributed by atoms with Gasteiger partial charge in [-0.3, -0.25) is 0 Å². The average Bonchev–Trinajstić information content (AvgIpc) is 2.81. The third kappa shape index (κ3) is 3.80. The molecule has 0 spiro atoms. The van der Waals surface area contributed by atoms with Crippen LogP contribution in [-0.4, -0.2) is 32.6 Å². The summed E-state index contributed by atoms with van der Waals surface area (Å²) in [7, 11) is 2.00. The zero-order chi connectivity index (χ0) is 12.1. The maximum atomic E-state index is 5.48. The zero-order valence-corrected chi connectivity index (χ0v) is 10.6. The standard InChI is InChI=1S/C14H21NO2/c1-11-4-3-5-12(8-11)9-13(15-2)10-14-16-6-7-17-14/h3-5,8,13-15H,6-7,9-10H2,1-2H3. The Balaban J connectivity index is 1.90. The summed E-state index contributed by atoms with van der Waals surface area (Å²) >= 11 is 0. The lowest BCUT2D eigenvalue weighted by molar-refractivity contribution is -0.0522. The molecule has 17 heavy (non-hydrogen) atoms. The second-order valence-electron chi connectivity index (χ2n) is 4.59. The summed E-state index contributed by atoms with van der Waals surface area (Å²) in [5.74, 6) is 0. The number of rotatable bonds is 5. The van der Waals surface area contributed by atoms with Crippen LogP contribution >= 0.6 is 0 Å². The van der Waals surface area contributed by atoms with Crippen LogP contribution in [0.1, 0.15) is 17.5 Å². The minimum absolute atomic E-state index is 0.0303. The molecule has 1 heterocycles. The van der Waals surface area contributed by atoms with Gasteiger partial charge in [0, 0.05) is 12.5 Å². The maximum absolute atomic E-state index is 5.48. The van der Waals surface area contributed by atoms with Gasteiger partial charge in [-0.25, -0.2) is 0 Å². The molecular weight excluding hydrogens is 214 g/mol. The first-order valence-corrected chi connectivity index (χ1v) is 6.24. The van der Waals surface area contributed by atoms with Gasteiger partial charge in [-0.15, -0.1) is 0 Å². The molecule has 0 bridgehead atoms. The van der Waals surface area contributed by atoms with E-state index in [1.807, 2.05) is 7.05 Å². The predicted octanol–water partition coefficient (Wildman–Crippen LogP) is 1.89. The Kier molecular flexibility index (Phi) is 4.54. The van der Waals surface area contributed by atoms with Gasteiger partial charge in [-0.2, -0.15) is 0 Å². The minimum atomic E-state index is -0.0303. The SMILES string of the molecule is CNC(Cc1cccc(C)c1)CC1OCCO1. The van der Waals surface area contributed by atoms with Crippen LogP contribution in [0.25, 0.3) is 0 Å². The van der Waals surface area contributed by atoms with Crippen molar-refractivity contribution in [3.63, 3.8) is 0 Å². The molecule has 1 aliphatic rings. The van der Waals surface area contributed by atoms with Crippen LogP contribution in [0.2, 0.25) is 0 Å². The van der Waals surface area contributed by atoms with E-state index in [1.165, 1.54) is 11.1 Å². The van der Waals surface area contributed by atoms with Crippen LogP contribution < -0.4 is 5.32 Å². The topological polar surface area (TPSA) is 30.5 Å². The average molecular weight is 235 g/mol. The molecule has 1 aromatic rings. The summed E-state index contributed by atoms with van der Waals surface area (Å²) in [4.78, 5) is 0. The summed E-state index contributed by atoms with van der Waals surface area (Å²) < 4.78 is 11.0. The van der Waals surface area contributed by atoms with Crippen molar-refractivity contribution in [2.24, 2.45) is 0 Å². The molecule has 1 aliphatic heterocycles. The molecule has 3 heteroatoms. The van der Waals surface area contributed by atoms with Gasteiger partial charge >= 0.3 is 0 Å². The molecule has 0 radical (unpaired) electrons. The van der Waals surface area contributed by atoms with Crippen molar-refractivity contribution in [2.75, 3.05) is 20.3 Å². The number of nitrogens with one attached hydrogen (secondary N) is 1. The molecule has 1 atom stereocenters. The van der Waals surface area contributed by atoms with Crippen LogP contribution in [-0.2, 0) is 15.9 Å². The van der Waals surface area contributed by atoms with Crippen molar-refractivity contribution in [3.8, 4) is 0 Å². The number of hydrogen-bond donors (Lipinski definition) is 1. The molecule has 1 N–H and O–H groups in total. The van der Waals surface area contributed by atoms with E-state index < -0.39 is 0 Å². The Morgan fingerprint density at radius 2 is 2.12 bits per heavy atom. The first-order valence-electron chi connectivity index (χ1n) is 6.24. The van der Waals surface area contributed by atoms with Gasteiger partial charge in [0.25, 0.3) is 0 Å². The van der Waals surface area contributed by atoms with Crippen LogP contribution in [0.5, 0.6) is 0 Å². The van der Waals surface area contributed by atoms with Crippen molar-refractivity contribution in [1.29, 1.82) is 0 Å². The molecule has 1 aromatic carbocycles. The van der Waals surface area contributed by atoms with E-state index in [4.69, 9.17) is 9.47 Å². The minimum Gasteiger partial charge on any atom is -0.350 e. The largest absolute Gasteiger partial charge is 0.350 e. The van der Waals surface area contributed by atoms with Gasteiger partial charge in [0.15, 0.2) is 6.29 Å². The Labute approximate surface area is 103 Å². The Hall–Kier alpha value is -0.900. The van der Waals surface area contributed by atoms with Gasteiger partial charge in [0.2, 0.25) is 0 Å². The normalized spacial score (nSPS) is 18.5. The van der Waals surface area contributed by atoms with Gasteiger partial charge in [-0.1, -0.05) is 29.8 Å². The van der Waals surface area contributed by atoms with Crippen LogP contribution in [0.3, 0.4) is 0 Å². The summed E-state index contributed by atoms with van der Waals surface area (Å²) in [5, 5.41) is 3.34. The van der Waals surface area contributed by atoms with Crippen LogP contribution in [0.15, 0.2) is 24.3 Å². The van der Waals surface area contributed by atoms with Gasteiger partial charge in [0.1, 0.15) is 0 Å². The van der Waals surface area contributed by atoms with Crippen LogP contribution in [0, 0.1) is 6.92 Å². The number of ether oxygens (including phenoxy) is 2. The predicted molar refractivity (Wildman–Crippen MR) is 68.0 cm³/mol. The summed E-state index contributed by atoms with van der Waals surface area (Å²) in [6.07, 6.45) is 1.89. The lowest BCUT2D eigenvalue weighted by Crippen LogP contribution is -2.32. The molecule has 2 rings (SSSR count). The van der Waals surface area contributed by atoms with Crippen molar-refractivity contribution in [1.82, 2.24) is 5.32 Å². The molecule has 1 fully saturated rings. The Bertz CT molecular complexity index is 348. The van der Waals surface area contributed by atoms with E-state index in [1.54, 1.807) is 0 Å². The van der Waals surface area contributed by atoms with Crippen molar-refractivity contribution in [3.05, 3.63) is 35.4 Å². The van der Waals surface area contributed by atoms with Crippen molar-refractivity contribution < 1.29 is 9.47 Å². The third-order valence-electron chi connectivity index (χ3n) is 3.14. The first kappa shape index (κ1) is 12.6. The maximum Gasteiger partial charge on any atom is 0.159 e. The molecule has 0 amide bonds. The molecule has 3 nitrogen and oxygen atoms in total. The van der Waals surface area contributed by atoms with E-state index in [0.29, 0.717) is 6.04 Å². The molecule has 1 saturated heterocycles. The third-order valence-corrected chi connectivity index (χ3v) is 3.14. The van der Waals surface area contributed by atoms with Gasteiger partial charge in [-0.05, 0) is 26.0 Å². The molecule has 0 saturated carbocycles. The smallest absolute Gasteiger partial charge is 0.159 e. The highest BCUT2D eigenvalue weighted by atomic mass is 16.7. The lowest BCUT2D eigenvalue weighted by atomic mass is 10.0. The molecule has 0 aliphatic carbocycles. The van der Waals surface area contributed by atoms with E-state index in [9.17, 15) is 0 Å². The highest BCUT2D eigenvalue weighted by Gasteiger charge is 2.20. The van der Waals surface area contributed by atoms with E-state index in [-0.39, 0.29) is 6.29 Å². The van der Waals surface area contributed by atoms with E-state index >= 15 is 0 Å². The highest BCUT2D eigenvalue weighted by molar-refractivity contribution is 5.22. The van der Waals surface area contributed by atoms with E-state index in [2.05, 4.69) is 36.5 Å². The monoisotopic (exact) mass is 235 g/mol. The number of aryl methyl sites for hydroxylation is 1. The fourth-order valence-electron chi connectivity index (χ4n) is 2.20.